The van der Waals surface area contributed by atoms with Gasteiger partial charge in [0.2, 0.25) is 0 Å². The van der Waals surface area contributed by atoms with Gasteiger partial charge in [-0.25, -0.2) is 0 Å². The second-order valence-corrected chi connectivity index (χ2v) is 5.30. The van der Waals surface area contributed by atoms with Gasteiger partial charge in [-0.2, -0.15) is 5.10 Å². The van der Waals surface area contributed by atoms with Crippen molar-refractivity contribution in [1.82, 2.24) is 15.1 Å². The van der Waals surface area contributed by atoms with E-state index in [1.165, 1.54) is 11.3 Å². The molecule has 0 radical (unpaired) electrons. The maximum Gasteiger partial charge on any atom is 0.0722 e. The minimum Gasteiger partial charge on any atom is -0.380 e. The molecule has 0 aromatic carbocycles. The van der Waals surface area contributed by atoms with Crippen LogP contribution in [0.5, 0.6) is 0 Å². The van der Waals surface area contributed by atoms with Crippen LogP contribution in [-0.4, -0.2) is 29.5 Å². The van der Waals surface area contributed by atoms with Crippen molar-refractivity contribution in [2.75, 3.05) is 19.8 Å². The number of nitrogens with one attached hydrogen (secondary N) is 1. The number of nitrogens with zero attached hydrogens (tertiary/aromatic N) is 2. The van der Waals surface area contributed by atoms with E-state index < -0.39 is 0 Å². The normalized spacial score (nSPS) is 12.1. The summed E-state index contributed by atoms with van der Waals surface area (Å²) < 4.78 is 7.18. The Morgan fingerprint density at radius 2 is 2.12 bits per heavy atom. The third kappa shape index (κ3) is 4.48. The van der Waals surface area contributed by atoms with Crippen molar-refractivity contribution < 1.29 is 4.74 Å². The number of hydrogen-bond acceptors (Lipinski definition) is 3. The van der Waals surface area contributed by atoms with E-state index in [0.717, 1.165) is 26.3 Å². The smallest absolute Gasteiger partial charge is 0.0722 e. The lowest BCUT2D eigenvalue weighted by molar-refractivity contribution is 0.149. The number of ether oxygens (including phenoxy) is 1. The second kappa shape index (κ2) is 6.17. The highest BCUT2D eigenvalue weighted by atomic mass is 16.5. The summed E-state index contributed by atoms with van der Waals surface area (Å²) in [6, 6.07) is 0. The molecule has 0 fully saturated rings. The zero-order valence-electron chi connectivity index (χ0n) is 11.7. The molecule has 0 atom stereocenters. The van der Waals surface area contributed by atoms with Gasteiger partial charge in [0.05, 0.1) is 12.3 Å². The van der Waals surface area contributed by atoms with E-state index >= 15 is 0 Å². The molecule has 0 saturated heterocycles. The van der Waals surface area contributed by atoms with E-state index in [-0.39, 0.29) is 5.41 Å². The molecule has 0 aliphatic carbocycles. The lowest BCUT2D eigenvalue weighted by Gasteiger charge is -2.17. The minimum absolute atomic E-state index is 0.0954. The molecule has 0 bridgehead atoms. The van der Waals surface area contributed by atoms with Crippen LogP contribution in [0.25, 0.3) is 0 Å². The summed E-state index contributed by atoms with van der Waals surface area (Å²) in [5.41, 5.74) is 2.54. The molecule has 1 N–H and O–H groups in total. The molecule has 0 aliphatic heterocycles. The van der Waals surface area contributed by atoms with E-state index in [9.17, 15) is 0 Å². The maximum atomic E-state index is 5.29. The molecule has 1 heterocycles. The van der Waals surface area contributed by atoms with Crippen molar-refractivity contribution in [3.63, 3.8) is 0 Å². The van der Waals surface area contributed by atoms with Gasteiger partial charge < -0.3 is 10.1 Å². The van der Waals surface area contributed by atoms with Gasteiger partial charge in [-0.15, -0.1) is 0 Å². The highest BCUT2D eigenvalue weighted by Gasteiger charge is 2.21. The monoisotopic (exact) mass is 239 g/mol. The Labute approximate surface area is 104 Å². The fourth-order valence-corrected chi connectivity index (χ4v) is 1.81. The summed E-state index contributed by atoms with van der Waals surface area (Å²) in [6.07, 6.45) is 2.09. The van der Waals surface area contributed by atoms with E-state index in [0.29, 0.717) is 0 Å². The quantitative estimate of drug-likeness (QED) is 0.770. The van der Waals surface area contributed by atoms with E-state index in [4.69, 9.17) is 4.74 Å². The topological polar surface area (TPSA) is 39.1 Å². The van der Waals surface area contributed by atoms with E-state index in [2.05, 4.69) is 37.4 Å². The van der Waals surface area contributed by atoms with Crippen LogP contribution in [0.4, 0.5) is 0 Å². The summed E-state index contributed by atoms with van der Waals surface area (Å²) in [7, 11) is 1.97. The van der Waals surface area contributed by atoms with Crippen LogP contribution in [0.1, 0.15) is 39.0 Å². The average Bonchev–Trinajstić information content (AvgIpc) is 2.59. The molecule has 17 heavy (non-hydrogen) atoms. The number of rotatable bonds is 6. The largest absolute Gasteiger partial charge is 0.380 e. The average molecular weight is 239 g/mol. The first kappa shape index (κ1) is 14.2. The Balaban J connectivity index is 2.53. The molecular formula is C13H25N3O. The van der Waals surface area contributed by atoms with Crippen molar-refractivity contribution in [2.24, 2.45) is 7.05 Å². The first-order valence-corrected chi connectivity index (χ1v) is 6.26. The maximum absolute atomic E-state index is 5.29. The third-order valence-electron chi connectivity index (χ3n) is 2.56. The van der Waals surface area contributed by atoms with Gasteiger partial charge in [0.25, 0.3) is 0 Å². The van der Waals surface area contributed by atoms with Gasteiger partial charge in [0.1, 0.15) is 0 Å². The zero-order chi connectivity index (χ0) is 12.9. The van der Waals surface area contributed by atoms with E-state index in [1.807, 2.05) is 18.7 Å². The van der Waals surface area contributed by atoms with E-state index in [1.54, 1.807) is 0 Å². The van der Waals surface area contributed by atoms with Crippen LogP contribution >= 0.6 is 0 Å². The minimum atomic E-state index is 0.0954. The molecule has 1 rings (SSSR count). The van der Waals surface area contributed by atoms with Crippen molar-refractivity contribution in [1.29, 1.82) is 0 Å². The first-order chi connectivity index (χ1) is 7.95. The van der Waals surface area contributed by atoms with Crippen molar-refractivity contribution in [3.05, 3.63) is 17.5 Å². The molecule has 0 aliphatic rings. The molecule has 0 amide bonds. The summed E-state index contributed by atoms with van der Waals surface area (Å²) in [6.45, 7) is 11.9. The number of hydrogen-bond donors (Lipinski definition) is 1. The molecule has 0 saturated carbocycles. The Bertz CT molecular complexity index is 339. The predicted molar refractivity (Wildman–Crippen MR) is 70.1 cm³/mol. The Hall–Kier alpha value is -0.870. The predicted octanol–water partition coefficient (Wildman–Crippen LogP) is 1.84. The lowest BCUT2D eigenvalue weighted by atomic mass is 9.89. The van der Waals surface area contributed by atoms with Crippen molar-refractivity contribution in [3.8, 4) is 0 Å². The third-order valence-corrected chi connectivity index (χ3v) is 2.56. The van der Waals surface area contributed by atoms with Crippen LogP contribution in [0.3, 0.4) is 0 Å². The second-order valence-electron chi connectivity index (χ2n) is 5.30. The van der Waals surface area contributed by atoms with Crippen LogP contribution in [0.15, 0.2) is 6.20 Å². The van der Waals surface area contributed by atoms with Gasteiger partial charge in [-0.3, -0.25) is 4.68 Å². The van der Waals surface area contributed by atoms with Crippen LogP contribution < -0.4 is 5.32 Å². The van der Waals surface area contributed by atoms with Crippen LogP contribution in [0, 0.1) is 0 Å². The van der Waals surface area contributed by atoms with Gasteiger partial charge in [-0.05, 0) is 6.92 Å². The summed E-state index contributed by atoms with van der Waals surface area (Å²) in [5, 5.41) is 7.93. The Morgan fingerprint density at radius 3 is 2.71 bits per heavy atom. The van der Waals surface area contributed by atoms with Gasteiger partial charge in [0.15, 0.2) is 0 Å². The first-order valence-electron chi connectivity index (χ1n) is 6.26. The Morgan fingerprint density at radius 1 is 1.41 bits per heavy atom. The summed E-state index contributed by atoms with van der Waals surface area (Å²) in [4.78, 5) is 0. The van der Waals surface area contributed by atoms with Crippen LogP contribution in [-0.2, 0) is 23.7 Å². The molecule has 98 valence electrons. The zero-order valence-corrected chi connectivity index (χ0v) is 11.7. The van der Waals surface area contributed by atoms with Gasteiger partial charge in [-0.1, -0.05) is 20.8 Å². The fraction of sp³-hybridized carbons (Fsp3) is 0.769. The van der Waals surface area contributed by atoms with Crippen LogP contribution in [0.2, 0.25) is 0 Å². The number of aromatic nitrogens is 2. The molecular weight excluding hydrogens is 214 g/mol. The molecule has 1 aromatic heterocycles. The fourth-order valence-electron chi connectivity index (χ4n) is 1.81. The highest BCUT2D eigenvalue weighted by Crippen LogP contribution is 2.23. The number of aryl methyl sites for hydroxylation is 1. The molecule has 0 unspecified atom stereocenters. The van der Waals surface area contributed by atoms with Crippen molar-refractivity contribution >= 4 is 0 Å². The summed E-state index contributed by atoms with van der Waals surface area (Å²) in [5.74, 6) is 0. The Kier molecular flexibility index (Phi) is 5.15. The molecule has 0 spiro atoms. The molecule has 4 nitrogen and oxygen atoms in total. The molecule has 4 heteroatoms. The lowest BCUT2D eigenvalue weighted by Crippen LogP contribution is -2.22. The SMILES string of the molecule is CCOCCNCc1cn(C)nc1C(C)(C)C. The summed E-state index contributed by atoms with van der Waals surface area (Å²) >= 11 is 0. The molecule has 1 aromatic rings. The van der Waals surface area contributed by atoms with Gasteiger partial charge >= 0.3 is 0 Å². The highest BCUT2D eigenvalue weighted by molar-refractivity contribution is 5.23. The van der Waals surface area contributed by atoms with Gasteiger partial charge in [0, 0.05) is 43.9 Å². The van der Waals surface area contributed by atoms with Crippen molar-refractivity contribution in [2.45, 2.75) is 39.7 Å². The standard InChI is InChI=1S/C13H25N3O/c1-6-17-8-7-14-9-11-10-16(5)15-12(11)13(2,3)4/h10,14H,6-9H2,1-5H3.